The molecule has 3 heterocycles. The van der Waals surface area contributed by atoms with Crippen LogP contribution in [0.15, 0.2) is 67.1 Å². The molecule has 0 bridgehead atoms. The van der Waals surface area contributed by atoms with Crippen LogP contribution in [-0.4, -0.2) is 20.9 Å². The van der Waals surface area contributed by atoms with E-state index in [0.29, 0.717) is 23.7 Å². The maximum absolute atomic E-state index is 12.5. The second kappa shape index (κ2) is 7.29. The van der Waals surface area contributed by atoms with E-state index in [9.17, 15) is 4.79 Å². The topological polar surface area (TPSA) is 79.9 Å². The molecule has 0 radical (unpaired) electrons. The number of aromatic nitrogens is 3. The normalized spacial score (nSPS) is 10.7. The van der Waals surface area contributed by atoms with Crippen LogP contribution >= 0.6 is 0 Å². The predicted octanol–water partition coefficient (Wildman–Crippen LogP) is 3.99. The lowest BCUT2D eigenvalue weighted by Crippen LogP contribution is -2.23. The van der Waals surface area contributed by atoms with Crippen molar-refractivity contribution in [3.05, 3.63) is 83.9 Å². The zero-order valence-corrected chi connectivity index (χ0v) is 14.8. The van der Waals surface area contributed by atoms with Gasteiger partial charge in [0.25, 0.3) is 5.91 Å². The molecule has 1 aromatic carbocycles. The van der Waals surface area contributed by atoms with Gasteiger partial charge < -0.3 is 15.0 Å². The lowest BCUT2D eigenvalue weighted by atomic mass is 10.1. The Morgan fingerprint density at radius 1 is 1.15 bits per heavy atom. The Morgan fingerprint density at radius 2 is 2.07 bits per heavy atom. The summed E-state index contributed by atoms with van der Waals surface area (Å²) < 4.78 is 5.82. The number of nitrogens with zero attached hydrogens (tertiary/aromatic N) is 2. The molecule has 6 heteroatoms. The number of rotatable bonds is 5. The summed E-state index contributed by atoms with van der Waals surface area (Å²) in [5, 5.41) is 3.99. The zero-order valence-electron chi connectivity index (χ0n) is 14.8. The summed E-state index contributed by atoms with van der Waals surface area (Å²) in [5.74, 6) is 0.894. The Morgan fingerprint density at radius 3 is 2.93 bits per heavy atom. The molecule has 2 N–H and O–H groups in total. The average molecular weight is 358 g/mol. The molecule has 0 spiro atoms. The summed E-state index contributed by atoms with van der Waals surface area (Å²) in [4.78, 5) is 24.1. The van der Waals surface area contributed by atoms with Crippen LogP contribution in [0.25, 0.3) is 10.9 Å². The molecule has 1 amide bonds. The van der Waals surface area contributed by atoms with E-state index >= 15 is 0 Å². The largest absolute Gasteiger partial charge is 0.437 e. The molecule has 6 nitrogen and oxygen atoms in total. The van der Waals surface area contributed by atoms with Crippen molar-refractivity contribution in [1.29, 1.82) is 0 Å². The number of aryl methyl sites for hydroxylation is 1. The van der Waals surface area contributed by atoms with Gasteiger partial charge in [-0.1, -0.05) is 12.1 Å². The summed E-state index contributed by atoms with van der Waals surface area (Å²) in [6.07, 6.45) is 5.16. The van der Waals surface area contributed by atoms with Crippen LogP contribution in [0.5, 0.6) is 11.6 Å². The molecule has 0 fully saturated rings. The van der Waals surface area contributed by atoms with E-state index < -0.39 is 0 Å². The number of hydrogen-bond acceptors (Lipinski definition) is 4. The highest BCUT2D eigenvalue weighted by Gasteiger charge is 2.10. The molecule has 0 atom stereocenters. The SMILES string of the molecule is Cc1ccc(Oc2ncccc2CNC(=O)c2ccc3cc[nH]c3c2)cn1. The standard InChI is InChI=1S/C21H18N4O2/c1-14-4-7-18(13-24-14)27-21-17(3-2-9-23-21)12-25-20(26)16-6-5-15-8-10-22-19(15)11-16/h2-11,13,22H,12H2,1H3,(H,25,26). The second-order valence-electron chi connectivity index (χ2n) is 6.17. The fourth-order valence-corrected chi connectivity index (χ4v) is 2.74. The van der Waals surface area contributed by atoms with Crippen LogP contribution in [0.3, 0.4) is 0 Å². The molecule has 3 aromatic heterocycles. The second-order valence-corrected chi connectivity index (χ2v) is 6.17. The summed E-state index contributed by atoms with van der Waals surface area (Å²) >= 11 is 0. The van der Waals surface area contributed by atoms with E-state index in [2.05, 4.69) is 20.3 Å². The third-order valence-corrected chi connectivity index (χ3v) is 4.21. The van der Waals surface area contributed by atoms with Crippen molar-refractivity contribution in [1.82, 2.24) is 20.3 Å². The molecule has 0 saturated heterocycles. The van der Waals surface area contributed by atoms with Gasteiger partial charge in [0.15, 0.2) is 0 Å². The van der Waals surface area contributed by atoms with Gasteiger partial charge >= 0.3 is 0 Å². The highest BCUT2D eigenvalue weighted by atomic mass is 16.5. The summed E-state index contributed by atoms with van der Waals surface area (Å²) in [6, 6.07) is 14.9. The Balaban J connectivity index is 1.47. The van der Waals surface area contributed by atoms with Crippen molar-refractivity contribution in [3.8, 4) is 11.6 Å². The first-order valence-electron chi connectivity index (χ1n) is 8.59. The number of ether oxygens (including phenoxy) is 1. The maximum Gasteiger partial charge on any atom is 0.251 e. The van der Waals surface area contributed by atoms with Crippen molar-refractivity contribution < 1.29 is 9.53 Å². The molecule has 0 aliphatic heterocycles. The first-order chi connectivity index (χ1) is 13.2. The zero-order chi connectivity index (χ0) is 18.6. The van der Waals surface area contributed by atoms with Crippen molar-refractivity contribution in [3.63, 3.8) is 0 Å². The van der Waals surface area contributed by atoms with E-state index in [4.69, 9.17) is 4.74 Å². The van der Waals surface area contributed by atoms with E-state index in [1.165, 1.54) is 0 Å². The first-order valence-corrected chi connectivity index (χ1v) is 8.59. The molecule has 134 valence electrons. The van der Waals surface area contributed by atoms with E-state index in [1.54, 1.807) is 12.4 Å². The quantitative estimate of drug-likeness (QED) is 0.565. The number of nitrogens with one attached hydrogen (secondary N) is 2. The summed E-state index contributed by atoms with van der Waals surface area (Å²) in [5.41, 5.74) is 3.22. The fraction of sp³-hybridized carbons (Fsp3) is 0.0952. The number of hydrogen-bond donors (Lipinski definition) is 2. The fourth-order valence-electron chi connectivity index (χ4n) is 2.74. The van der Waals surface area contributed by atoms with Gasteiger partial charge in [-0.15, -0.1) is 0 Å². The van der Waals surface area contributed by atoms with Crippen LogP contribution in [0.4, 0.5) is 0 Å². The number of aromatic amines is 1. The molecule has 0 unspecified atom stereocenters. The van der Waals surface area contributed by atoms with Gasteiger partial charge in [-0.3, -0.25) is 9.78 Å². The van der Waals surface area contributed by atoms with Crippen LogP contribution < -0.4 is 10.1 Å². The smallest absolute Gasteiger partial charge is 0.251 e. The number of amides is 1. The van der Waals surface area contributed by atoms with E-state index in [1.807, 2.05) is 61.7 Å². The highest BCUT2D eigenvalue weighted by Crippen LogP contribution is 2.22. The lowest BCUT2D eigenvalue weighted by molar-refractivity contribution is 0.0951. The van der Waals surface area contributed by atoms with Gasteiger partial charge in [0.1, 0.15) is 5.75 Å². The number of H-pyrrole nitrogens is 1. The molecule has 0 aliphatic rings. The van der Waals surface area contributed by atoms with Gasteiger partial charge in [0.2, 0.25) is 5.88 Å². The van der Waals surface area contributed by atoms with Crippen LogP contribution in [0.2, 0.25) is 0 Å². The van der Waals surface area contributed by atoms with Crippen LogP contribution in [-0.2, 0) is 6.54 Å². The van der Waals surface area contributed by atoms with Gasteiger partial charge in [-0.25, -0.2) is 4.98 Å². The minimum Gasteiger partial charge on any atom is -0.437 e. The third kappa shape index (κ3) is 3.79. The Bertz CT molecular complexity index is 1090. The molecular weight excluding hydrogens is 340 g/mol. The Hall–Kier alpha value is -3.67. The van der Waals surface area contributed by atoms with Gasteiger partial charge in [0.05, 0.1) is 6.20 Å². The highest BCUT2D eigenvalue weighted by molar-refractivity contribution is 5.97. The van der Waals surface area contributed by atoms with E-state index in [-0.39, 0.29) is 5.91 Å². The first kappa shape index (κ1) is 16.8. The molecule has 0 saturated carbocycles. The summed E-state index contributed by atoms with van der Waals surface area (Å²) in [6.45, 7) is 2.22. The lowest BCUT2D eigenvalue weighted by Gasteiger charge is -2.11. The van der Waals surface area contributed by atoms with Gasteiger partial charge in [0, 0.05) is 41.3 Å². The molecular formula is C21H18N4O2. The van der Waals surface area contributed by atoms with Gasteiger partial charge in [-0.2, -0.15) is 0 Å². The monoisotopic (exact) mass is 358 g/mol. The molecule has 0 aliphatic carbocycles. The number of fused-ring (bicyclic) bond motifs is 1. The predicted molar refractivity (Wildman–Crippen MR) is 103 cm³/mol. The third-order valence-electron chi connectivity index (χ3n) is 4.21. The maximum atomic E-state index is 12.5. The molecule has 27 heavy (non-hydrogen) atoms. The molecule has 4 rings (SSSR count). The minimum atomic E-state index is -0.154. The van der Waals surface area contributed by atoms with E-state index in [0.717, 1.165) is 22.2 Å². The minimum absolute atomic E-state index is 0.154. The van der Waals surface area contributed by atoms with Crippen molar-refractivity contribution in [2.75, 3.05) is 0 Å². The number of benzene rings is 1. The number of carbonyl (C=O) groups excluding carboxylic acids is 1. The average Bonchev–Trinajstić information content (AvgIpc) is 3.16. The van der Waals surface area contributed by atoms with Crippen LogP contribution in [0, 0.1) is 6.92 Å². The van der Waals surface area contributed by atoms with Crippen LogP contribution in [0.1, 0.15) is 21.6 Å². The summed E-state index contributed by atoms with van der Waals surface area (Å²) in [7, 11) is 0. The Kier molecular flexibility index (Phi) is 4.53. The number of pyridine rings is 2. The van der Waals surface area contributed by atoms with Crippen molar-refractivity contribution in [2.45, 2.75) is 13.5 Å². The molecule has 4 aromatic rings. The Labute approximate surface area is 156 Å². The van der Waals surface area contributed by atoms with Crippen molar-refractivity contribution in [2.24, 2.45) is 0 Å². The number of carbonyl (C=O) groups is 1. The van der Waals surface area contributed by atoms with Gasteiger partial charge in [-0.05, 0) is 48.7 Å². The van der Waals surface area contributed by atoms with Crippen molar-refractivity contribution >= 4 is 16.8 Å².